The van der Waals surface area contributed by atoms with Gasteiger partial charge in [-0.25, -0.2) is 9.37 Å². The largest absolute Gasteiger partial charge is 0.468 e. The lowest BCUT2D eigenvalue weighted by Gasteiger charge is -2.15. The van der Waals surface area contributed by atoms with Crippen LogP contribution >= 0.6 is 11.3 Å². The van der Waals surface area contributed by atoms with Crippen molar-refractivity contribution in [3.8, 4) is 0 Å². The van der Waals surface area contributed by atoms with Crippen LogP contribution in [0.1, 0.15) is 24.1 Å². The third kappa shape index (κ3) is 3.72. The van der Waals surface area contributed by atoms with Gasteiger partial charge < -0.3 is 10.1 Å². The number of halogens is 1. The van der Waals surface area contributed by atoms with Gasteiger partial charge in [0.05, 0.1) is 13.0 Å². The van der Waals surface area contributed by atoms with Crippen LogP contribution in [0.4, 0.5) is 9.52 Å². The van der Waals surface area contributed by atoms with E-state index in [1.165, 1.54) is 53.3 Å². The maximum Gasteiger partial charge on any atom is 0.314 e. The number of carbonyl (C=O) groups is 1. The van der Waals surface area contributed by atoms with Crippen LogP contribution in [0.5, 0.6) is 0 Å². The maximum absolute atomic E-state index is 13.1. The molecule has 0 fully saturated rings. The van der Waals surface area contributed by atoms with Crippen LogP contribution in [-0.4, -0.2) is 34.2 Å². The number of hydrogen-bond acceptors (Lipinski definition) is 7. The first-order chi connectivity index (χ1) is 12.5. The van der Waals surface area contributed by atoms with E-state index in [2.05, 4.69) is 15.4 Å². The molecule has 136 valence electrons. The number of ether oxygens (including phenoxy) is 1. The molecule has 3 aromatic rings. The lowest BCUT2D eigenvalue weighted by Crippen LogP contribution is -2.23. The summed E-state index contributed by atoms with van der Waals surface area (Å²) < 4.78 is 19.2. The van der Waals surface area contributed by atoms with E-state index in [1.807, 2.05) is 6.92 Å². The highest BCUT2D eigenvalue weighted by Gasteiger charge is 2.22. The molecular formula is C17H17FN4O3S. The van der Waals surface area contributed by atoms with Crippen molar-refractivity contribution < 1.29 is 13.9 Å². The van der Waals surface area contributed by atoms with Crippen molar-refractivity contribution in [2.75, 3.05) is 19.0 Å². The maximum atomic E-state index is 13.1. The van der Waals surface area contributed by atoms with Crippen LogP contribution in [0, 0.1) is 5.82 Å². The quantitative estimate of drug-likeness (QED) is 0.664. The van der Waals surface area contributed by atoms with Crippen LogP contribution in [0.3, 0.4) is 0 Å². The fourth-order valence-corrected chi connectivity index (χ4v) is 3.30. The van der Waals surface area contributed by atoms with Crippen LogP contribution < -0.4 is 10.9 Å². The normalized spacial score (nSPS) is 12.1. The van der Waals surface area contributed by atoms with Crippen LogP contribution in [0.2, 0.25) is 0 Å². The number of hydrogen-bond donors (Lipinski definition) is 1. The fraction of sp³-hybridized carbons (Fsp3) is 0.294. The van der Waals surface area contributed by atoms with Crippen LogP contribution in [0.15, 0.2) is 35.1 Å². The molecule has 2 aromatic heterocycles. The number of benzene rings is 1. The van der Waals surface area contributed by atoms with E-state index in [0.717, 1.165) is 0 Å². The number of rotatable bonds is 6. The highest BCUT2D eigenvalue weighted by atomic mass is 32.1. The second-order valence-corrected chi connectivity index (χ2v) is 6.51. The van der Waals surface area contributed by atoms with E-state index in [4.69, 9.17) is 4.74 Å². The summed E-state index contributed by atoms with van der Waals surface area (Å²) in [7, 11) is 1.30. The van der Waals surface area contributed by atoms with Gasteiger partial charge in [-0.3, -0.25) is 9.59 Å². The average molecular weight is 376 g/mol. The molecule has 0 aliphatic heterocycles. The Kier molecular flexibility index (Phi) is 5.27. The van der Waals surface area contributed by atoms with Crippen LogP contribution in [0.25, 0.3) is 4.96 Å². The van der Waals surface area contributed by atoms with Gasteiger partial charge in [-0.05, 0) is 24.1 Å². The first kappa shape index (κ1) is 18.0. The minimum Gasteiger partial charge on any atom is -0.468 e. The number of nitrogens with zero attached hydrogens (tertiary/aromatic N) is 3. The summed E-state index contributed by atoms with van der Waals surface area (Å²) in [6, 6.07) is 7.11. The predicted molar refractivity (Wildman–Crippen MR) is 96.2 cm³/mol. The van der Waals surface area contributed by atoms with Gasteiger partial charge in [-0.1, -0.05) is 30.4 Å². The van der Waals surface area contributed by atoms with E-state index in [-0.39, 0.29) is 17.9 Å². The van der Waals surface area contributed by atoms with Crippen LogP contribution in [-0.2, 0) is 16.0 Å². The zero-order chi connectivity index (χ0) is 18.7. The minimum absolute atomic E-state index is 0.188. The number of fused-ring (bicyclic) bond motifs is 1. The lowest BCUT2D eigenvalue weighted by molar-refractivity contribution is -0.142. The molecule has 9 heteroatoms. The summed E-state index contributed by atoms with van der Waals surface area (Å²) in [6.45, 7) is 2.11. The smallest absolute Gasteiger partial charge is 0.314 e. The van der Waals surface area contributed by atoms with E-state index >= 15 is 0 Å². The summed E-state index contributed by atoms with van der Waals surface area (Å²) in [4.78, 5) is 29.0. The molecule has 0 radical (unpaired) electrons. The Morgan fingerprint density at radius 2 is 2.12 bits per heavy atom. The number of methoxy groups -OCH3 is 1. The van der Waals surface area contributed by atoms with Crippen molar-refractivity contribution in [1.82, 2.24) is 14.6 Å². The molecule has 1 N–H and O–H groups in total. The van der Waals surface area contributed by atoms with Gasteiger partial charge in [0.15, 0.2) is 0 Å². The molecule has 1 aromatic carbocycles. The standard InChI is InChI=1S/C17H17FN4O3S/c1-3-12-8-14(23)22-17(20-12)26-16(21-22)19-9-13(15(24)25-2)10-4-6-11(18)7-5-10/h4-8,13H,3,9H2,1-2H3,(H,19,21). The molecule has 2 heterocycles. The van der Waals surface area contributed by atoms with Gasteiger partial charge in [-0.15, -0.1) is 5.10 Å². The minimum atomic E-state index is -0.636. The molecule has 26 heavy (non-hydrogen) atoms. The predicted octanol–water partition coefficient (Wildman–Crippen LogP) is 2.22. The van der Waals surface area contributed by atoms with E-state index in [0.29, 0.717) is 27.8 Å². The Morgan fingerprint density at radius 1 is 1.38 bits per heavy atom. The van der Waals surface area contributed by atoms with Gasteiger partial charge in [-0.2, -0.15) is 4.52 Å². The number of nitrogens with one attached hydrogen (secondary N) is 1. The van der Waals surface area contributed by atoms with Crippen molar-refractivity contribution in [3.05, 3.63) is 57.8 Å². The average Bonchev–Trinajstić information content (AvgIpc) is 3.06. The number of anilines is 1. The fourth-order valence-electron chi connectivity index (χ4n) is 2.47. The van der Waals surface area contributed by atoms with Gasteiger partial charge in [0.1, 0.15) is 5.82 Å². The summed E-state index contributed by atoms with van der Waals surface area (Å²) >= 11 is 1.22. The van der Waals surface area contributed by atoms with Gasteiger partial charge in [0, 0.05) is 18.3 Å². The molecule has 1 unspecified atom stereocenters. The molecule has 0 amide bonds. The van der Waals surface area contributed by atoms with E-state index in [9.17, 15) is 14.0 Å². The van der Waals surface area contributed by atoms with Crippen molar-refractivity contribution in [2.45, 2.75) is 19.3 Å². The highest BCUT2D eigenvalue weighted by Crippen LogP contribution is 2.21. The number of aryl methyl sites for hydroxylation is 1. The first-order valence-corrected chi connectivity index (χ1v) is 8.80. The van der Waals surface area contributed by atoms with Crippen molar-refractivity contribution in [1.29, 1.82) is 0 Å². The second kappa shape index (κ2) is 7.61. The third-order valence-corrected chi connectivity index (χ3v) is 4.74. The molecule has 0 aliphatic carbocycles. The molecular weight excluding hydrogens is 359 g/mol. The zero-order valence-corrected chi connectivity index (χ0v) is 15.0. The molecule has 0 bridgehead atoms. The molecule has 0 saturated carbocycles. The molecule has 3 rings (SSSR count). The number of esters is 1. The Balaban J connectivity index is 1.83. The Morgan fingerprint density at radius 3 is 2.77 bits per heavy atom. The molecule has 7 nitrogen and oxygen atoms in total. The summed E-state index contributed by atoms with van der Waals surface area (Å²) in [5, 5.41) is 7.69. The Hall–Kier alpha value is -2.81. The van der Waals surface area contributed by atoms with Gasteiger partial charge in [0.2, 0.25) is 10.1 Å². The Labute approximate surface area is 152 Å². The second-order valence-electron chi connectivity index (χ2n) is 5.55. The van der Waals surface area contributed by atoms with Crippen molar-refractivity contribution in [3.63, 3.8) is 0 Å². The summed E-state index contributed by atoms with van der Waals surface area (Å²) in [6.07, 6.45) is 0.654. The van der Waals surface area contributed by atoms with E-state index in [1.54, 1.807) is 0 Å². The van der Waals surface area contributed by atoms with Crippen molar-refractivity contribution >= 4 is 27.4 Å². The molecule has 0 spiro atoms. The third-order valence-electron chi connectivity index (χ3n) is 3.88. The van der Waals surface area contributed by atoms with Gasteiger partial charge in [0.25, 0.3) is 5.56 Å². The zero-order valence-electron chi connectivity index (χ0n) is 14.2. The van der Waals surface area contributed by atoms with Crippen molar-refractivity contribution in [2.24, 2.45) is 0 Å². The Bertz CT molecular complexity index is 984. The summed E-state index contributed by atoms with van der Waals surface area (Å²) in [5.41, 5.74) is 1.07. The molecule has 1 atom stereocenters. The topological polar surface area (TPSA) is 85.6 Å². The summed E-state index contributed by atoms with van der Waals surface area (Å²) in [5.74, 6) is -1.47. The van der Waals surface area contributed by atoms with E-state index < -0.39 is 11.9 Å². The lowest BCUT2D eigenvalue weighted by atomic mass is 9.99. The van der Waals surface area contributed by atoms with Gasteiger partial charge >= 0.3 is 5.97 Å². The first-order valence-electron chi connectivity index (χ1n) is 7.98. The number of carbonyl (C=O) groups excluding carboxylic acids is 1. The molecule has 0 saturated heterocycles. The highest BCUT2D eigenvalue weighted by molar-refractivity contribution is 7.20. The number of aromatic nitrogens is 3. The molecule has 0 aliphatic rings. The monoisotopic (exact) mass is 376 g/mol. The SMILES string of the molecule is CCc1cc(=O)n2nc(NCC(C(=O)OC)c3ccc(F)cc3)sc2n1.